The predicted octanol–water partition coefficient (Wildman–Crippen LogP) is 2.80. The van der Waals surface area contributed by atoms with Crippen LogP contribution in [0.15, 0.2) is 21.5 Å². The lowest BCUT2D eigenvalue weighted by Crippen LogP contribution is -2.44. The van der Waals surface area contributed by atoms with Gasteiger partial charge in [-0.05, 0) is 51.5 Å². The summed E-state index contributed by atoms with van der Waals surface area (Å²) in [4.78, 5) is 7.36. The summed E-state index contributed by atoms with van der Waals surface area (Å²) < 4.78 is 11.5. The number of nitrogens with one attached hydrogen (secondary N) is 2. The van der Waals surface area contributed by atoms with Crippen molar-refractivity contribution in [3.63, 3.8) is 0 Å². The Bertz CT molecular complexity index is 601. The summed E-state index contributed by atoms with van der Waals surface area (Å²) in [5, 5.41) is 7.84. The molecule has 152 valence electrons. The smallest absolute Gasteiger partial charge is 0.191 e. The van der Waals surface area contributed by atoms with Gasteiger partial charge in [-0.1, -0.05) is 0 Å². The second-order valence-electron chi connectivity index (χ2n) is 7.34. The third-order valence-corrected chi connectivity index (χ3v) is 6.50. The SMILES string of the molecule is CCNC(=NCC(c1ccc(C)o1)N1CCOCC1)NC1CCC(SC)C1. The van der Waals surface area contributed by atoms with Crippen LogP contribution >= 0.6 is 11.8 Å². The van der Waals surface area contributed by atoms with E-state index in [-0.39, 0.29) is 6.04 Å². The fourth-order valence-electron chi connectivity index (χ4n) is 3.88. The fourth-order valence-corrected chi connectivity index (χ4v) is 4.68. The lowest BCUT2D eigenvalue weighted by Gasteiger charge is -2.32. The molecule has 0 bridgehead atoms. The highest BCUT2D eigenvalue weighted by Crippen LogP contribution is 2.28. The maximum atomic E-state index is 5.96. The van der Waals surface area contributed by atoms with Crippen LogP contribution in [0.4, 0.5) is 0 Å². The Morgan fingerprint density at radius 1 is 1.33 bits per heavy atom. The Morgan fingerprint density at radius 3 is 2.78 bits per heavy atom. The van der Waals surface area contributed by atoms with Crippen LogP contribution < -0.4 is 10.6 Å². The zero-order chi connectivity index (χ0) is 19.1. The van der Waals surface area contributed by atoms with Crippen LogP contribution in [0.5, 0.6) is 0 Å². The van der Waals surface area contributed by atoms with Crippen molar-refractivity contribution >= 4 is 17.7 Å². The van der Waals surface area contributed by atoms with Gasteiger partial charge in [-0.2, -0.15) is 11.8 Å². The highest BCUT2D eigenvalue weighted by atomic mass is 32.2. The number of rotatable bonds is 7. The molecule has 1 aromatic rings. The van der Waals surface area contributed by atoms with E-state index in [1.54, 1.807) is 0 Å². The molecule has 3 unspecified atom stereocenters. The number of hydrogen-bond acceptors (Lipinski definition) is 5. The molecule has 0 spiro atoms. The van der Waals surface area contributed by atoms with Crippen LogP contribution in [-0.4, -0.2) is 67.8 Å². The summed E-state index contributed by atoms with van der Waals surface area (Å²) in [7, 11) is 0. The predicted molar refractivity (Wildman–Crippen MR) is 113 cm³/mol. The second-order valence-corrected chi connectivity index (χ2v) is 8.48. The van der Waals surface area contributed by atoms with Gasteiger partial charge in [-0.3, -0.25) is 9.89 Å². The monoisotopic (exact) mass is 394 g/mol. The Balaban J connectivity index is 1.67. The quantitative estimate of drug-likeness (QED) is 0.548. The van der Waals surface area contributed by atoms with Gasteiger partial charge in [0.15, 0.2) is 5.96 Å². The summed E-state index contributed by atoms with van der Waals surface area (Å²) in [6.07, 6.45) is 5.95. The molecule has 3 rings (SSSR count). The van der Waals surface area contributed by atoms with Crippen molar-refractivity contribution in [2.24, 2.45) is 4.99 Å². The third kappa shape index (κ3) is 5.90. The summed E-state index contributed by atoms with van der Waals surface area (Å²) in [5.41, 5.74) is 0. The molecule has 2 N–H and O–H groups in total. The minimum atomic E-state index is 0.153. The Hall–Kier alpha value is -1.18. The number of aliphatic imine (C=N–C) groups is 1. The van der Waals surface area contributed by atoms with E-state index in [1.807, 2.05) is 24.8 Å². The summed E-state index contributed by atoms with van der Waals surface area (Å²) in [5.74, 6) is 2.87. The molecule has 0 aromatic carbocycles. The van der Waals surface area contributed by atoms with Crippen molar-refractivity contribution < 1.29 is 9.15 Å². The first-order valence-corrected chi connectivity index (χ1v) is 11.4. The lowest BCUT2D eigenvalue weighted by molar-refractivity contribution is 0.0135. The van der Waals surface area contributed by atoms with Crippen LogP contribution in [-0.2, 0) is 4.74 Å². The number of morpholine rings is 1. The Labute approximate surface area is 167 Å². The van der Waals surface area contributed by atoms with Crippen LogP contribution in [0.2, 0.25) is 0 Å². The number of nitrogens with zero attached hydrogens (tertiary/aromatic N) is 2. The third-order valence-electron chi connectivity index (χ3n) is 5.40. The molecule has 1 aromatic heterocycles. The average Bonchev–Trinajstić information content (AvgIpc) is 3.32. The first kappa shape index (κ1) is 20.6. The van der Waals surface area contributed by atoms with Gasteiger partial charge in [0.1, 0.15) is 11.5 Å². The topological polar surface area (TPSA) is 62.0 Å². The molecule has 2 heterocycles. The van der Waals surface area contributed by atoms with E-state index in [0.717, 1.165) is 55.6 Å². The second kappa shape index (κ2) is 10.4. The van der Waals surface area contributed by atoms with Crippen molar-refractivity contribution in [1.82, 2.24) is 15.5 Å². The number of guanidine groups is 1. The van der Waals surface area contributed by atoms with Crippen LogP contribution in [0.25, 0.3) is 0 Å². The summed E-state index contributed by atoms with van der Waals surface area (Å²) >= 11 is 1.98. The molecular weight excluding hydrogens is 360 g/mol. The minimum Gasteiger partial charge on any atom is -0.465 e. The van der Waals surface area contributed by atoms with Gasteiger partial charge in [0.25, 0.3) is 0 Å². The highest BCUT2D eigenvalue weighted by Gasteiger charge is 2.27. The maximum absolute atomic E-state index is 5.96. The van der Waals surface area contributed by atoms with Crippen LogP contribution in [0, 0.1) is 6.92 Å². The Morgan fingerprint density at radius 2 is 2.15 bits per heavy atom. The van der Waals surface area contributed by atoms with Crippen molar-refractivity contribution in [3.8, 4) is 0 Å². The molecule has 1 saturated carbocycles. The van der Waals surface area contributed by atoms with E-state index in [1.165, 1.54) is 19.3 Å². The number of furan rings is 1. The molecule has 2 aliphatic rings. The van der Waals surface area contributed by atoms with E-state index in [0.29, 0.717) is 12.6 Å². The fraction of sp³-hybridized carbons (Fsp3) is 0.750. The maximum Gasteiger partial charge on any atom is 0.191 e. The molecular formula is C20H34N4O2S. The van der Waals surface area contributed by atoms with Gasteiger partial charge >= 0.3 is 0 Å². The van der Waals surface area contributed by atoms with E-state index >= 15 is 0 Å². The van der Waals surface area contributed by atoms with Gasteiger partial charge in [0, 0.05) is 30.9 Å². The summed E-state index contributed by atoms with van der Waals surface area (Å²) in [6.45, 7) is 9.05. The van der Waals surface area contributed by atoms with Crippen molar-refractivity contribution in [2.45, 2.75) is 50.4 Å². The zero-order valence-electron chi connectivity index (χ0n) is 16.9. The van der Waals surface area contributed by atoms with E-state index in [4.69, 9.17) is 14.1 Å². The van der Waals surface area contributed by atoms with Gasteiger partial charge in [-0.15, -0.1) is 0 Å². The van der Waals surface area contributed by atoms with E-state index < -0.39 is 0 Å². The first-order valence-electron chi connectivity index (χ1n) is 10.1. The van der Waals surface area contributed by atoms with Crippen molar-refractivity contribution in [1.29, 1.82) is 0 Å². The summed E-state index contributed by atoms with van der Waals surface area (Å²) in [6, 6.07) is 4.80. The van der Waals surface area contributed by atoms with Crippen molar-refractivity contribution in [2.75, 3.05) is 45.6 Å². The number of thioether (sulfide) groups is 1. The molecule has 6 nitrogen and oxygen atoms in total. The zero-order valence-corrected chi connectivity index (χ0v) is 17.7. The standard InChI is InChI=1S/C20H34N4O2S/c1-4-21-20(23-16-6-7-17(13-16)27-3)22-14-18(19-8-5-15(2)26-19)24-9-11-25-12-10-24/h5,8,16-18H,4,6-7,9-14H2,1-3H3,(H2,21,22,23). The van der Waals surface area contributed by atoms with E-state index in [9.17, 15) is 0 Å². The van der Waals surface area contributed by atoms with Gasteiger partial charge in [-0.25, -0.2) is 0 Å². The number of hydrogen-bond donors (Lipinski definition) is 2. The molecule has 2 fully saturated rings. The van der Waals surface area contributed by atoms with Crippen LogP contribution in [0.1, 0.15) is 43.7 Å². The molecule has 1 saturated heterocycles. The minimum absolute atomic E-state index is 0.153. The number of ether oxygens (including phenoxy) is 1. The molecule has 3 atom stereocenters. The molecule has 0 radical (unpaired) electrons. The van der Waals surface area contributed by atoms with E-state index in [2.05, 4.69) is 34.8 Å². The molecule has 27 heavy (non-hydrogen) atoms. The Kier molecular flexibility index (Phi) is 7.91. The lowest BCUT2D eigenvalue weighted by atomic mass is 10.1. The average molecular weight is 395 g/mol. The molecule has 1 aliphatic heterocycles. The largest absolute Gasteiger partial charge is 0.465 e. The highest BCUT2D eigenvalue weighted by molar-refractivity contribution is 7.99. The van der Waals surface area contributed by atoms with Gasteiger partial charge < -0.3 is 19.8 Å². The van der Waals surface area contributed by atoms with Gasteiger partial charge in [0.05, 0.1) is 25.8 Å². The normalized spacial score (nSPS) is 25.5. The number of aryl methyl sites for hydroxylation is 1. The van der Waals surface area contributed by atoms with Gasteiger partial charge in [0.2, 0.25) is 0 Å². The first-order chi connectivity index (χ1) is 13.2. The van der Waals surface area contributed by atoms with Crippen LogP contribution in [0.3, 0.4) is 0 Å². The molecule has 7 heteroatoms. The molecule has 1 aliphatic carbocycles. The van der Waals surface area contributed by atoms with Crippen molar-refractivity contribution in [3.05, 3.63) is 23.7 Å². The molecule has 0 amide bonds.